The van der Waals surface area contributed by atoms with Gasteiger partial charge in [0.2, 0.25) is 11.8 Å². The predicted molar refractivity (Wildman–Crippen MR) is 100 cm³/mol. The van der Waals surface area contributed by atoms with E-state index in [1.165, 1.54) is 0 Å². The first-order valence-corrected chi connectivity index (χ1v) is 9.39. The molecule has 2 aromatic rings. The summed E-state index contributed by atoms with van der Waals surface area (Å²) in [7, 11) is 0. The number of nitrogens with zero attached hydrogens (tertiary/aromatic N) is 2. The molecule has 4 rings (SSSR count). The third kappa shape index (κ3) is 3.37. The molecule has 3 heterocycles. The number of carbonyl (C=O) groups excluding carboxylic acids is 3. The van der Waals surface area contributed by atoms with E-state index in [9.17, 15) is 14.4 Å². The summed E-state index contributed by atoms with van der Waals surface area (Å²) >= 11 is 0. The van der Waals surface area contributed by atoms with Crippen LogP contribution in [-0.4, -0.2) is 33.8 Å². The van der Waals surface area contributed by atoms with Crippen molar-refractivity contribution in [2.45, 2.75) is 51.7 Å². The fourth-order valence-corrected chi connectivity index (χ4v) is 3.56. The normalized spacial score (nSPS) is 19.2. The van der Waals surface area contributed by atoms with Crippen molar-refractivity contribution in [1.82, 2.24) is 15.4 Å². The zero-order chi connectivity index (χ0) is 19.8. The van der Waals surface area contributed by atoms with Crippen LogP contribution in [0.3, 0.4) is 0 Å². The summed E-state index contributed by atoms with van der Waals surface area (Å²) in [6.45, 7) is 4.96. The summed E-state index contributed by atoms with van der Waals surface area (Å²) in [5.41, 5.74) is 3.14. The second-order valence-electron chi connectivity index (χ2n) is 7.50. The second kappa shape index (κ2) is 7.10. The number of amides is 3. The lowest BCUT2D eigenvalue weighted by Crippen LogP contribution is -2.52. The quantitative estimate of drug-likeness (QED) is 0.768. The van der Waals surface area contributed by atoms with Gasteiger partial charge in [-0.05, 0) is 30.2 Å². The number of nitrogens with one attached hydrogen (secondary N) is 2. The number of rotatable bonds is 5. The average Bonchev–Trinajstić information content (AvgIpc) is 3.25. The molecule has 0 aliphatic carbocycles. The first-order valence-electron chi connectivity index (χ1n) is 9.39. The third-order valence-electron chi connectivity index (χ3n) is 5.14. The molecule has 1 aromatic heterocycles. The lowest BCUT2D eigenvalue weighted by molar-refractivity contribution is -0.136. The Labute approximate surface area is 162 Å². The standard InChI is InChI=1S/C20H22N4O4/c1-11(2)17-8-14(23-28-17)9-21-13-3-4-15-12(7-13)10-24(20(15)27)16-5-6-18(25)22-19(16)26/h3-4,7-8,11,16,21H,5-6,9-10H2,1-2H3,(H,22,25,26). The van der Waals surface area contributed by atoms with Gasteiger partial charge in [-0.3, -0.25) is 19.7 Å². The monoisotopic (exact) mass is 382 g/mol. The maximum absolute atomic E-state index is 12.7. The van der Waals surface area contributed by atoms with Gasteiger partial charge >= 0.3 is 0 Å². The summed E-state index contributed by atoms with van der Waals surface area (Å²) in [5.74, 6) is 0.268. The Kier molecular flexibility index (Phi) is 4.62. The zero-order valence-corrected chi connectivity index (χ0v) is 15.8. The van der Waals surface area contributed by atoms with Gasteiger partial charge in [-0.15, -0.1) is 0 Å². The number of aromatic nitrogens is 1. The van der Waals surface area contributed by atoms with E-state index in [4.69, 9.17) is 4.52 Å². The van der Waals surface area contributed by atoms with Gasteiger partial charge in [-0.25, -0.2) is 0 Å². The Bertz CT molecular complexity index is 949. The number of imide groups is 1. The SMILES string of the molecule is CC(C)c1cc(CNc2ccc3c(c2)CN(C2CCC(=O)NC2=O)C3=O)no1. The number of benzene rings is 1. The predicted octanol–water partition coefficient (Wildman–Crippen LogP) is 2.17. The largest absolute Gasteiger partial charge is 0.379 e. The minimum absolute atomic E-state index is 0.172. The van der Waals surface area contributed by atoms with Crippen LogP contribution < -0.4 is 10.6 Å². The van der Waals surface area contributed by atoms with Gasteiger partial charge in [0.15, 0.2) is 0 Å². The summed E-state index contributed by atoms with van der Waals surface area (Å²) in [6, 6.07) is 6.86. The van der Waals surface area contributed by atoms with Gasteiger partial charge in [0.25, 0.3) is 5.91 Å². The van der Waals surface area contributed by atoms with Crippen molar-refractivity contribution < 1.29 is 18.9 Å². The molecule has 2 aliphatic rings. The Morgan fingerprint density at radius 3 is 2.82 bits per heavy atom. The number of fused-ring (bicyclic) bond motifs is 1. The van der Waals surface area contributed by atoms with Gasteiger partial charge in [-0.2, -0.15) is 0 Å². The van der Waals surface area contributed by atoms with Crippen LogP contribution >= 0.6 is 0 Å². The van der Waals surface area contributed by atoms with Crippen LogP contribution in [0.1, 0.15) is 60.0 Å². The van der Waals surface area contributed by atoms with Crippen molar-refractivity contribution in [1.29, 1.82) is 0 Å². The molecular formula is C20H22N4O4. The molecule has 0 radical (unpaired) electrons. The van der Waals surface area contributed by atoms with Crippen molar-refractivity contribution in [3.05, 3.63) is 46.8 Å². The number of hydrogen-bond acceptors (Lipinski definition) is 6. The van der Waals surface area contributed by atoms with E-state index in [1.54, 1.807) is 11.0 Å². The van der Waals surface area contributed by atoms with E-state index < -0.39 is 11.9 Å². The molecule has 0 bridgehead atoms. The summed E-state index contributed by atoms with van der Waals surface area (Å²) in [6.07, 6.45) is 0.610. The topological polar surface area (TPSA) is 105 Å². The molecule has 2 N–H and O–H groups in total. The Balaban J connectivity index is 1.44. The number of piperidine rings is 1. The Morgan fingerprint density at radius 2 is 2.11 bits per heavy atom. The first-order chi connectivity index (χ1) is 13.4. The van der Waals surface area contributed by atoms with Crippen molar-refractivity contribution in [2.75, 3.05) is 5.32 Å². The molecule has 1 aromatic carbocycles. The summed E-state index contributed by atoms with van der Waals surface area (Å²) in [4.78, 5) is 37.7. The molecule has 0 saturated carbocycles. The second-order valence-corrected chi connectivity index (χ2v) is 7.50. The molecule has 28 heavy (non-hydrogen) atoms. The smallest absolute Gasteiger partial charge is 0.255 e. The summed E-state index contributed by atoms with van der Waals surface area (Å²) in [5, 5.41) is 9.66. The highest BCUT2D eigenvalue weighted by atomic mass is 16.5. The van der Waals surface area contributed by atoms with Crippen LogP contribution in [0, 0.1) is 0 Å². The van der Waals surface area contributed by atoms with Gasteiger partial charge in [0, 0.05) is 36.2 Å². The van der Waals surface area contributed by atoms with Crippen LogP contribution in [0.5, 0.6) is 0 Å². The van der Waals surface area contributed by atoms with Crippen LogP contribution in [-0.2, 0) is 22.7 Å². The number of carbonyl (C=O) groups is 3. The Hall–Kier alpha value is -3.16. The molecule has 1 saturated heterocycles. The lowest BCUT2D eigenvalue weighted by atomic mass is 10.0. The Morgan fingerprint density at radius 1 is 1.29 bits per heavy atom. The molecule has 0 spiro atoms. The van der Waals surface area contributed by atoms with Gasteiger partial charge < -0.3 is 14.7 Å². The van der Waals surface area contributed by atoms with Crippen LogP contribution in [0.4, 0.5) is 5.69 Å². The van der Waals surface area contributed by atoms with Crippen LogP contribution in [0.15, 0.2) is 28.8 Å². The average molecular weight is 382 g/mol. The zero-order valence-electron chi connectivity index (χ0n) is 15.8. The maximum Gasteiger partial charge on any atom is 0.255 e. The minimum atomic E-state index is -0.599. The molecule has 146 valence electrons. The van der Waals surface area contributed by atoms with Gasteiger partial charge in [0.05, 0.1) is 6.54 Å². The minimum Gasteiger partial charge on any atom is -0.379 e. The highest BCUT2D eigenvalue weighted by Gasteiger charge is 2.39. The van der Waals surface area contributed by atoms with Crippen molar-refractivity contribution in [3.8, 4) is 0 Å². The molecule has 1 fully saturated rings. The fourth-order valence-electron chi connectivity index (χ4n) is 3.56. The summed E-state index contributed by atoms with van der Waals surface area (Å²) < 4.78 is 5.30. The molecule has 1 unspecified atom stereocenters. The maximum atomic E-state index is 12.7. The number of anilines is 1. The third-order valence-corrected chi connectivity index (χ3v) is 5.14. The molecule has 1 atom stereocenters. The highest BCUT2D eigenvalue weighted by molar-refractivity contribution is 6.05. The van der Waals surface area contributed by atoms with Crippen LogP contribution in [0.25, 0.3) is 0 Å². The molecular weight excluding hydrogens is 360 g/mol. The lowest BCUT2D eigenvalue weighted by Gasteiger charge is -2.29. The van der Waals surface area contributed by atoms with Gasteiger partial charge in [0.1, 0.15) is 17.5 Å². The number of hydrogen-bond donors (Lipinski definition) is 2. The van der Waals surface area contributed by atoms with E-state index in [0.717, 1.165) is 22.7 Å². The molecule has 8 heteroatoms. The molecule has 2 aliphatic heterocycles. The van der Waals surface area contributed by atoms with Gasteiger partial charge in [-0.1, -0.05) is 19.0 Å². The van der Waals surface area contributed by atoms with E-state index >= 15 is 0 Å². The van der Waals surface area contributed by atoms with Crippen molar-refractivity contribution >= 4 is 23.4 Å². The van der Waals surface area contributed by atoms with E-state index in [1.807, 2.05) is 32.0 Å². The van der Waals surface area contributed by atoms with E-state index in [2.05, 4.69) is 15.8 Å². The van der Waals surface area contributed by atoms with E-state index in [-0.39, 0.29) is 24.2 Å². The fraction of sp³-hybridized carbons (Fsp3) is 0.400. The van der Waals surface area contributed by atoms with Crippen molar-refractivity contribution in [3.63, 3.8) is 0 Å². The first kappa shape index (κ1) is 18.2. The molecule has 8 nitrogen and oxygen atoms in total. The van der Waals surface area contributed by atoms with Crippen molar-refractivity contribution in [2.24, 2.45) is 0 Å². The van der Waals surface area contributed by atoms with Crippen LogP contribution in [0.2, 0.25) is 0 Å². The highest BCUT2D eigenvalue weighted by Crippen LogP contribution is 2.29. The van der Waals surface area contributed by atoms with E-state index in [0.29, 0.717) is 25.1 Å². The molecule has 3 amide bonds.